The molecule has 1 aliphatic rings. The summed E-state index contributed by atoms with van der Waals surface area (Å²) in [5, 5.41) is 9.64. The van der Waals surface area contributed by atoms with Gasteiger partial charge < -0.3 is 9.52 Å². The largest absolute Gasteiger partial charge is 0.481 e. The van der Waals surface area contributed by atoms with Gasteiger partial charge in [-0.1, -0.05) is 17.7 Å². The van der Waals surface area contributed by atoms with E-state index in [0.29, 0.717) is 30.4 Å². The molecule has 0 amide bonds. The van der Waals surface area contributed by atoms with E-state index >= 15 is 0 Å². The molecule has 1 aromatic carbocycles. The molecule has 2 aromatic rings. The zero-order valence-electron chi connectivity index (χ0n) is 11.7. The van der Waals surface area contributed by atoms with Crippen LogP contribution in [-0.2, 0) is 11.3 Å². The summed E-state index contributed by atoms with van der Waals surface area (Å²) in [5.41, 5.74) is 1.63. The lowest BCUT2D eigenvalue weighted by atomic mass is 10.1. The topological polar surface area (TPSA) is 66.6 Å². The predicted molar refractivity (Wildman–Crippen MR) is 85.2 cm³/mol. The fourth-order valence-corrected chi connectivity index (χ4v) is 2.73. The Balaban J connectivity index is 0.00000176. The van der Waals surface area contributed by atoms with Gasteiger partial charge in [-0.3, -0.25) is 9.69 Å². The number of likely N-dealkylation sites (tertiary alicyclic amines) is 1. The SMILES string of the molecule is Cl.O=C(O)C1CCN(Cc2coc(-c3cccc(Cl)c3)n2)C1. The van der Waals surface area contributed by atoms with Crippen molar-refractivity contribution in [3.05, 3.63) is 41.2 Å². The first-order valence-corrected chi connectivity index (χ1v) is 7.15. The van der Waals surface area contributed by atoms with Gasteiger partial charge in [0.2, 0.25) is 5.89 Å². The number of halogens is 2. The van der Waals surface area contributed by atoms with E-state index < -0.39 is 5.97 Å². The minimum Gasteiger partial charge on any atom is -0.481 e. The summed E-state index contributed by atoms with van der Waals surface area (Å²) >= 11 is 5.95. The highest BCUT2D eigenvalue weighted by Gasteiger charge is 2.28. The Labute approximate surface area is 139 Å². The average Bonchev–Trinajstić information content (AvgIpc) is 3.08. The van der Waals surface area contributed by atoms with Crippen LogP contribution in [0, 0.1) is 5.92 Å². The van der Waals surface area contributed by atoms with Crippen molar-refractivity contribution in [1.82, 2.24) is 9.88 Å². The second-order valence-electron chi connectivity index (χ2n) is 5.21. The summed E-state index contributed by atoms with van der Waals surface area (Å²) in [5.74, 6) is -0.469. The van der Waals surface area contributed by atoms with Crippen LogP contribution in [0.15, 0.2) is 34.9 Å². The van der Waals surface area contributed by atoms with Crippen LogP contribution in [-0.4, -0.2) is 34.0 Å². The Morgan fingerprint density at radius 2 is 2.32 bits per heavy atom. The first-order valence-electron chi connectivity index (χ1n) is 6.77. The first-order chi connectivity index (χ1) is 10.1. The number of carboxylic acids is 1. The molecular weight excluding hydrogens is 327 g/mol. The van der Waals surface area contributed by atoms with E-state index in [1.165, 1.54) is 0 Å². The van der Waals surface area contributed by atoms with Crippen LogP contribution >= 0.6 is 24.0 Å². The number of aromatic nitrogens is 1. The number of hydrogen-bond donors (Lipinski definition) is 1. The van der Waals surface area contributed by atoms with E-state index in [-0.39, 0.29) is 18.3 Å². The molecule has 1 aromatic heterocycles. The average molecular weight is 343 g/mol. The second kappa shape index (κ2) is 7.13. The highest BCUT2D eigenvalue weighted by Crippen LogP contribution is 2.24. The van der Waals surface area contributed by atoms with Crippen molar-refractivity contribution >= 4 is 30.0 Å². The summed E-state index contributed by atoms with van der Waals surface area (Å²) in [6.07, 6.45) is 2.30. The van der Waals surface area contributed by atoms with Crippen LogP contribution in [0.2, 0.25) is 5.02 Å². The molecule has 1 atom stereocenters. The minimum atomic E-state index is -0.725. The van der Waals surface area contributed by atoms with Gasteiger partial charge in [0.05, 0.1) is 11.6 Å². The molecule has 118 valence electrons. The molecule has 1 saturated heterocycles. The molecule has 0 aliphatic carbocycles. The lowest BCUT2D eigenvalue weighted by molar-refractivity contribution is -0.141. The standard InChI is InChI=1S/C15H15ClN2O3.ClH/c16-12-3-1-2-10(6-12)14-17-13(9-21-14)8-18-5-4-11(7-18)15(19)20;/h1-3,6,9,11H,4-5,7-8H2,(H,19,20);1H. The number of carbonyl (C=O) groups is 1. The van der Waals surface area contributed by atoms with E-state index in [4.69, 9.17) is 21.1 Å². The highest BCUT2D eigenvalue weighted by atomic mass is 35.5. The lowest BCUT2D eigenvalue weighted by Crippen LogP contribution is -2.22. The van der Waals surface area contributed by atoms with Crippen LogP contribution in [0.5, 0.6) is 0 Å². The Morgan fingerprint density at radius 1 is 1.50 bits per heavy atom. The molecule has 22 heavy (non-hydrogen) atoms. The summed E-state index contributed by atoms with van der Waals surface area (Å²) in [6, 6.07) is 7.33. The fourth-order valence-electron chi connectivity index (χ4n) is 2.54. The molecule has 1 aliphatic heterocycles. The third-order valence-corrected chi connectivity index (χ3v) is 3.87. The van der Waals surface area contributed by atoms with Gasteiger partial charge in [-0.2, -0.15) is 0 Å². The van der Waals surface area contributed by atoms with Crippen molar-refractivity contribution in [3.8, 4) is 11.5 Å². The number of benzene rings is 1. The molecule has 5 nitrogen and oxygen atoms in total. The summed E-state index contributed by atoms with van der Waals surface area (Å²) in [7, 11) is 0. The van der Waals surface area contributed by atoms with Crippen LogP contribution < -0.4 is 0 Å². The van der Waals surface area contributed by atoms with Gasteiger partial charge in [-0.25, -0.2) is 4.98 Å². The third kappa shape index (κ3) is 3.80. The highest BCUT2D eigenvalue weighted by molar-refractivity contribution is 6.30. The molecule has 1 fully saturated rings. The van der Waals surface area contributed by atoms with Crippen molar-refractivity contribution in [2.24, 2.45) is 5.92 Å². The van der Waals surface area contributed by atoms with Crippen molar-refractivity contribution in [1.29, 1.82) is 0 Å². The van der Waals surface area contributed by atoms with Crippen LogP contribution in [0.25, 0.3) is 11.5 Å². The number of carboxylic acid groups (broad SMARTS) is 1. The van der Waals surface area contributed by atoms with E-state index in [2.05, 4.69) is 9.88 Å². The second-order valence-corrected chi connectivity index (χ2v) is 5.65. The van der Waals surface area contributed by atoms with Crippen LogP contribution in [0.4, 0.5) is 0 Å². The number of hydrogen-bond acceptors (Lipinski definition) is 4. The van der Waals surface area contributed by atoms with Gasteiger partial charge in [0.1, 0.15) is 6.26 Å². The van der Waals surface area contributed by atoms with Crippen molar-refractivity contribution in [2.75, 3.05) is 13.1 Å². The monoisotopic (exact) mass is 342 g/mol. The van der Waals surface area contributed by atoms with Gasteiger partial charge in [0.15, 0.2) is 0 Å². The molecule has 0 spiro atoms. The van der Waals surface area contributed by atoms with E-state index in [1.807, 2.05) is 12.1 Å². The van der Waals surface area contributed by atoms with Crippen LogP contribution in [0.1, 0.15) is 12.1 Å². The quantitative estimate of drug-likeness (QED) is 0.922. The van der Waals surface area contributed by atoms with Gasteiger partial charge in [0.25, 0.3) is 0 Å². The number of rotatable bonds is 4. The predicted octanol–water partition coefficient (Wildman–Crippen LogP) is 3.32. The molecule has 0 saturated carbocycles. The smallest absolute Gasteiger partial charge is 0.307 e. The van der Waals surface area contributed by atoms with Crippen molar-refractivity contribution < 1.29 is 14.3 Å². The Morgan fingerprint density at radius 3 is 3.00 bits per heavy atom. The summed E-state index contributed by atoms with van der Waals surface area (Å²) < 4.78 is 5.48. The van der Waals surface area contributed by atoms with Gasteiger partial charge in [-0.15, -0.1) is 12.4 Å². The van der Waals surface area contributed by atoms with Crippen LogP contribution in [0.3, 0.4) is 0 Å². The zero-order valence-corrected chi connectivity index (χ0v) is 13.3. The Kier molecular flexibility index (Phi) is 5.45. The Hall–Kier alpha value is -1.56. The molecule has 1 N–H and O–H groups in total. The van der Waals surface area contributed by atoms with Crippen molar-refractivity contribution in [3.63, 3.8) is 0 Å². The lowest BCUT2D eigenvalue weighted by Gasteiger charge is -2.12. The molecule has 1 unspecified atom stereocenters. The summed E-state index contributed by atoms with van der Waals surface area (Å²) in [6.45, 7) is 1.94. The molecule has 0 radical (unpaired) electrons. The third-order valence-electron chi connectivity index (χ3n) is 3.63. The number of oxazole rings is 1. The fraction of sp³-hybridized carbons (Fsp3) is 0.333. The minimum absolute atomic E-state index is 0. The van der Waals surface area contributed by atoms with Gasteiger partial charge >= 0.3 is 5.97 Å². The summed E-state index contributed by atoms with van der Waals surface area (Å²) in [4.78, 5) is 17.5. The number of nitrogens with zero attached hydrogens (tertiary/aromatic N) is 2. The molecule has 0 bridgehead atoms. The maximum Gasteiger partial charge on any atom is 0.307 e. The van der Waals surface area contributed by atoms with E-state index in [9.17, 15) is 4.79 Å². The van der Waals surface area contributed by atoms with Gasteiger partial charge in [0, 0.05) is 23.7 Å². The van der Waals surface area contributed by atoms with Crippen molar-refractivity contribution in [2.45, 2.75) is 13.0 Å². The molecule has 7 heteroatoms. The van der Waals surface area contributed by atoms with E-state index in [1.54, 1.807) is 18.4 Å². The molecule has 2 heterocycles. The Bertz CT molecular complexity index is 660. The maximum absolute atomic E-state index is 10.9. The van der Waals surface area contributed by atoms with Gasteiger partial charge in [-0.05, 0) is 31.2 Å². The van der Waals surface area contributed by atoms with E-state index in [0.717, 1.165) is 17.8 Å². The maximum atomic E-state index is 10.9. The zero-order chi connectivity index (χ0) is 14.8. The molecule has 3 rings (SSSR count). The number of aliphatic carboxylic acids is 1. The molecular formula is C15H16Cl2N2O3. The normalized spacial score (nSPS) is 18.1. The first kappa shape index (κ1) is 16.8.